The number of nitrogens with one attached hydrogen (secondary N) is 1. The number of aliphatic hydroxyl groups is 1. The second kappa shape index (κ2) is 8.86. The summed E-state index contributed by atoms with van der Waals surface area (Å²) in [6.45, 7) is 4.14. The van der Waals surface area contributed by atoms with Crippen molar-refractivity contribution in [2.75, 3.05) is 31.6 Å². The van der Waals surface area contributed by atoms with Crippen molar-refractivity contribution < 1.29 is 23.0 Å². The summed E-state index contributed by atoms with van der Waals surface area (Å²) >= 11 is 1.65. The van der Waals surface area contributed by atoms with E-state index in [2.05, 4.69) is 16.3 Å². The Morgan fingerprint density at radius 3 is 2.77 bits per heavy atom. The van der Waals surface area contributed by atoms with E-state index in [9.17, 15) is 18.3 Å². The van der Waals surface area contributed by atoms with Gasteiger partial charge in [0.2, 0.25) is 0 Å². The molecule has 0 radical (unpaired) electrons. The maximum atomic E-state index is 13.4. The molecule has 0 amide bonds. The Morgan fingerprint density at radius 1 is 1.27 bits per heavy atom. The normalized spacial score (nSPS) is 26.2. The molecule has 2 N–H and O–H groups in total. The van der Waals surface area contributed by atoms with Crippen molar-refractivity contribution in [3.8, 4) is 0 Å². The van der Waals surface area contributed by atoms with Gasteiger partial charge in [-0.1, -0.05) is 13.0 Å². The topological polar surface area (TPSA) is 44.7 Å². The van der Waals surface area contributed by atoms with Crippen molar-refractivity contribution in [3.63, 3.8) is 0 Å². The molecular weight excluding hydrogens is 413 g/mol. The van der Waals surface area contributed by atoms with Crippen LogP contribution >= 0.6 is 11.3 Å². The van der Waals surface area contributed by atoms with Crippen LogP contribution < -0.4 is 5.32 Å². The number of alkyl halides is 3. The number of rotatable bonds is 6. The molecule has 0 saturated carbocycles. The van der Waals surface area contributed by atoms with Gasteiger partial charge >= 0.3 is 6.18 Å². The van der Waals surface area contributed by atoms with Gasteiger partial charge in [0.15, 0.2) is 0 Å². The van der Waals surface area contributed by atoms with Gasteiger partial charge in [0.05, 0.1) is 30.4 Å². The Kier molecular flexibility index (Phi) is 6.39. The predicted molar refractivity (Wildman–Crippen MR) is 112 cm³/mol. The lowest BCUT2D eigenvalue weighted by molar-refractivity contribution is -0.138. The molecule has 1 aromatic carbocycles. The summed E-state index contributed by atoms with van der Waals surface area (Å²) in [5.41, 5.74) is 0.668. The van der Waals surface area contributed by atoms with E-state index in [1.807, 2.05) is 18.4 Å². The van der Waals surface area contributed by atoms with Crippen LogP contribution in [-0.4, -0.2) is 42.4 Å². The predicted octanol–water partition coefficient (Wildman–Crippen LogP) is 5.08. The number of thiophene rings is 1. The lowest BCUT2D eigenvalue weighted by Gasteiger charge is -2.46. The summed E-state index contributed by atoms with van der Waals surface area (Å²) in [6.07, 6.45) is -3.12. The van der Waals surface area contributed by atoms with Crippen LogP contribution in [0.1, 0.15) is 47.9 Å². The molecule has 1 fully saturated rings. The SMILES string of the molecule is CCN(CCO)CC1CCC2C(O1)c1cc(C(F)(F)F)ccc1N[C@H]2c1cccs1. The number of anilines is 1. The van der Waals surface area contributed by atoms with Crippen molar-refractivity contribution in [3.05, 3.63) is 51.7 Å². The van der Waals surface area contributed by atoms with Gasteiger partial charge in [-0.05, 0) is 49.0 Å². The van der Waals surface area contributed by atoms with Gasteiger partial charge in [0.25, 0.3) is 0 Å². The van der Waals surface area contributed by atoms with Crippen LogP contribution in [0.5, 0.6) is 0 Å². The van der Waals surface area contributed by atoms with E-state index in [1.54, 1.807) is 11.3 Å². The lowest BCUT2D eigenvalue weighted by atomic mass is 9.78. The van der Waals surface area contributed by atoms with E-state index in [0.29, 0.717) is 24.3 Å². The molecule has 1 aromatic heterocycles. The molecule has 0 aliphatic carbocycles. The standard InChI is InChI=1S/C22H27F3N2O2S/c1-2-27(9-10-28)13-15-6-7-16-20(19-4-3-11-30-19)26-18-8-5-14(22(23,24)25)12-17(18)21(16)29-15/h3-5,8,11-12,15-16,20-21,26,28H,2,6-7,9-10,13H2,1H3/t15?,16?,20-,21?/m1/s1. The maximum absolute atomic E-state index is 13.4. The first-order valence-electron chi connectivity index (χ1n) is 10.4. The van der Waals surface area contributed by atoms with Crippen LogP contribution in [0.4, 0.5) is 18.9 Å². The summed E-state index contributed by atoms with van der Waals surface area (Å²) in [5.74, 6) is 0.0730. The third-order valence-electron chi connectivity index (χ3n) is 6.15. The quantitative estimate of drug-likeness (QED) is 0.657. The van der Waals surface area contributed by atoms with Gasteiger partial charge < -0.3 is 15.2 Å². The molecule has 0 spiro atoms. The summed E-state index contributed by atoms with van der Waals surface area (Å²) in [6, 6.07) is 8.02. The Balaban J connectivity index is 1.65. The highest BCUT2D eigenvalue weighted by molar-refractivity contribution is 7.10. The molecule has 164 valence electrons. The van der Waals surface area contributed by atoms with Gasteiger partial charge in [-0.25, -0.2) is 0 Å². The minimum atomic E-state index is -4.39. The van der Waals surface area contributed by atoms with Crippen LogP contribution in [0.3, 0.4) is 0 Å². The average molecular weight is 441 g/mol. The van der Waals surface area contributed by atoms with E-state index in [-0.39, 0.29) is 30.8 Å². The minimum absolute atomic E-state index is 0.0277. The highest BCUT2D eigenvalue weighted by Crippen LogP contribution is 2.51. The number of aliphatic hydroxyl groups excluding tert-OH is 1. The molecule has 1 saturated heterocycles. The van der Waals surface area contributed by atoms with E-state index in [0.717, 1.165) is 25.5 Å². The van der Waals surface area contributed by atoms with Gasteiger partial charge in [-0.2, -0.15) is 13.2 Å². The number of ether oxygens (including phenoxy) is 1. The fraction of sp³-hybridized carbons (Fsp3) is 0.545. The van der Waals surface area contributed by atoms with Crippen LogP contribution in [0, 0.1) is 5.92 Å². The van der Waals surface area contributed by atoms with Crippen molar-refractivity contribution >= 4 is 17.0 Å². The zero-order chi connectivity index (χ0) is 21.3. The van der Waals surface area contributed by atoms with Crippen molar-refractivity contribution in [1.82, 2.24) is 4.90 Å². The minimum Gasteiger partial charge on any atom is -0.395 e. The first-order chi connectivity index (χ1) is 14.4. The molecule has 2 aliphatic heterocycles. The molecule has 30 heavy (non-hydrogen) atoms. The van der Waals surface area contributed by atoms with Gasteiger partial charge in [0, 0.05) is 35.1 Å². The van der Waals surface area contributed by atoms with Crippen LogP contribution in [0.15, 0.2) is 35.7 Å². The van der Waals surface area contributed by atoms with Gasteiger partial charge in [0.1, 0.15) is 0 Å². The second-order valence-electron chi connectivity index (χ2n) is 7.97. The molecular formula is C22H27F3N2O2S. The van der Waals surface area contributed by atoms with E-state index >= 15 is 0 Å². The largest absolute Gasteiger partial charge is 0.416 e. The summed E-state index contributed by atoms with van der Waals surface area (Å²) in [7, 11) is 0. The second-order valence-corrected chi connectivity index (χ2v) is 8.95. The molecule has 3 heterocycles. The van der Waals surface area contributed by atoms with Crippen LogP contribution in [-0.2, 0) is 10.9 Å². The molecule has 4 rings (SSSR count). The fourth-order valence-corrected chi connectivity index (χ4v) is 5.48. The monoisotopic (exact) mass is 440 g/mol. The number of hydrogen-bond donors (Lipinski definition) is 2. The van der Waals surface area contributed by atoms with Crippen molar-refractivity contribution in [2.24, 2.45) is 5.92 Å². The highest BCUT2D eigenvalue weighted by atomic mass is 32.1. The zero-order valence-corrected chi connectivity index (χ0v) is 17.7. The van der Waals surface area contributed by atoms with E-state index in [4.69, 9.17) is 4.74 Å². The lowest BCUT2D eigenvalue weighted by Crippen LogP contribution is -2.43. The number of hydrogen-bond acceptors (Lipinski definition) is 5. The smallest absolute Gasteiger partial charge is 0.395 e. The Morgan fingerprint density at radius 2 is 2.10 bits per heavy atom. The molecule has 4 nitrogen and oxygen atoms in total. The summed E-state index contributed by atoms with van der Waals surface area (Å²) in [4.78, 5) is 3.30. The Labute approximate surface area is 178 Å². The number of benzene rings is 1. The maximum Gasteiger partial charge on any atom is 0.416 e. The zero-order valence-electron chi connectivity index (χ0n) is 16.9. The van der Waals surface area contributed by atoms with Crippen LogP contribution in [0.2, 0.25) is 0 Å². The fourth-order valence-electron chi connectivity index (χ4n) is 4.62. The number of nitrogens with zero attached hydrogens (tertiary/aromatic N) is 1. The average Bonchev–Trinajstić information content (AvgIpc) is 3.26. The molecule has 0 bridgehead atoms. The highest BCUT2D eigenvalue weighted by Gasteiger charge is 2.44. The van der Waals surface area contributed by atoms with Gasteiger partial charge in [-0.15, -0.1) is 11.3 Å². The van der Waals surface area contributed by atoms with Crippen LogP contribution in [0.25, 0.3) is 0 Å². The Bertz CT molecular complexity index is 843. The molecule has 8 heteroatoms. The van der Waals surface area contributed by atoms with E-state index < -0.39 is 11.7 Å². The van der Waals surface area contributed by atoms with Crippen molar-refractivity contribution in [2.45, 2.75) is 44.2 Å². The van der Waals surface area contributed by atoms with Crippen molar-refractivity contribution in [1.29, 1.82) is 0 Å². The summed E-state index contributed by atoms with van der Waals surface area (Å²) in [5, 5.41) is 14.8. The molecule has 2 aromatic rings. The third kappa shape index (κ3) is 4.37. The van der Waals surface area contributed by atoms with E-state index in [1.165, 1.54) is 17.0 Å². The summed E-state index contributed by atoms with van der Waals surface area (Å²) < 4.78 is 46.6. The number of halogens is 3. The third-order valence-corrected chi connectivity index (χ3v) is 7.10. The Hall–Kier alpha value is -1.61. The van der Waals surface area contributed by atoms with Gasteiger partial charge in [-0.3, -0.25) is 4.90 Å². The molecule has 3 unspecified atom stereocenters. The first kappa shape index (κ1) is 21.6. The molecule has 4 atom stereocenters. The first-order valence-corrected chi connectivity index (χ1v) is 11.3. The molecule has 2 aliphatic rings. The number of fused-ring (bicyclic) bond motifs is 3. The number of likely N-dealkylation sites (N-methyl/N-ethyl adjacent to an activating group) is 1.